The Balaban J connectivity index is 1.68. The number of rotatable bonds is 8. The molecular weight excluding hydrogens is 458 g/mol. The summed E-state index contributed by atoms with van der Waals surface area (Å²) in [6.45, 7) is 6.41. The predicted octanol–water partition coefficient (Wildman–Crippen LogP) is 2.06. The number of nitrogens with zero attached hydrogens (tertiary/aromatic N) is 2. The first-order valence-corrected chi connectivity index (χ1v) is 12.6. The Kier molecular flexibility index (Phi) is 8.59. The molecule has 1 unspecified atom stereocenters. The number of hydrogen-bond donors (Lipinski definition) is 2. The fourth-order valence-electron chi connectivity index (χ4n) is 4.04. The summed E-state index contributed by atoms with van der Waals surface area (Å²) in [4.78, 5) is 50.2. The summed E-state index contributed by atoms with van der Waals surface area (Å²) in [6, 6.07) is 7.79. The number of aliphatic carboxylic acids is 1. The number of carbonyl (C=O) groups excluding carboxylic acids is 3. The van der Waals surface area contributed by atoms with Gasteiger partial charge in [0.25, 0.3) is 5.91 Å². The molecular formula is C24H33N3O6S. The van der Waals surface area contributed by atoms with Gasteiger partial charge >= 0.3 is 11.9 Å². The van der Waals surface area contributed by atoms with Crippen LogP contribution < -0.4 is 5.32 Å². The summed E-state index contributed by atoms with van der Waals surface area (Å²) in [5.74, 6) is -2.11. The molecule has 186 valence electrons. The fourth-order valence-corrected chi connectivity index (χ4v) is 4.91. The minimum Gasteiger partial charge on any atom is -0.480 e. The maximum atomic E-state index is 13.2. The number of hydrogen-bond acceptors (Lipinski definition) is 7. The predicted molar refractivity (Wildman–Crippen MR) is 128 cm³/mol. The first-order chi connectivity index (χ1) is 16.1. The van der Waals surface area contributed by atoms with Gasteiger partial charge in [0.1, 0.15) is 18.0 Å². The first-order valence-electron chi connectivity index (χ1n) is 11.5. The topological polar surface area (TPSA) is 116 Å². The van der Waals surface area contributed by atoms with Gasteiger partial charge in [-0.05, 0) is 52.0 Å². The molecule has 2 aliphatic heterocycles. The van der Waals surface area contributed by atoms with Crippen molar-refractivity contribution in [3.8, 4) is 0 Å². The smallest absolute Gasteiger partial charge is 0.328 e. The molecule has 10 heteroatoms. The lowest BCUT2D eigenvalue weighted by molar-refractivity contribution is -0.183. The van der Waals surface area contributed by atoms with Crippen LogP contribution >= 0.6 is 11.8 Å². The van der Waals surface area contributed by atoms with Gasteiger partial charge in [0, 0.05) is 13.1 Å². The van der Waals surface area contributed by atoms with Crippen molar-refractivity contribution in [3.05, 3.63) is 35.9 Å². The molecule has 1 aromatic rings. The minimum absolute atomic E-state index is 0.0145. The molecule has 9 nitrogen and oxygen atoms in total. The normalized spacial score (nSPS) is 22.0. The van der Waals surface area contributed by atoms with Gasteiger partial charge in [-0.1, -0.05) is 30.3 Å². The number of carboxylic acids is 1. The van der Waals surface area contributed by atoms with Crippen molar-refractivity contribution >= 4 is 35.5 Å². The number of hydrazine groups is 1. The molecule has 2 amide bonds. The fraction of sp³-hybridized carbons (Fsp3) is 0.583. The number of carboxylic acid groups (broad SMARTS) is 1. The van der Waals surface area contributed by atoms with E-state index in [1.807, 2.05) is 30.3 Å². The highest BCUT2D eigenvalue weighted by Crippen LogP contribution is 2.26. The minimum atomic E-state index is -1.04. The number of esters is 1. The molecule has 2 aliphatic rings. The molecule has 0 aliphatic carbocycles. The van der Waals surface area contributed by atoms with Crippen LogP contribution in [-0.2, 0) is 30.3 Å². The zero-order valence-electron chi connectivity index (χ0n) is 19.9. The number of fused-ring (bicyclic) bond motifs is 1. The quantitative estimate of drug-likeness (QED) is 0.419. The Labute approximate surface area is 204 Å². The summed E-state index contributed by atoms with van der Waals surface area (Å²) >= 11 is 1.20. The maximum absolute atomic E-state index is 13.2. The van der Waals surface area contributed by atoms with Gasteiger partial charge in [0.05, 0.1) is 10.7 Å². The summed E-state index contributed by atoms with van der Waals surface area (Å²) in [5.41, 5.74) is 0.299. The number of carbonyl (C=O) groups is 4. The van der Waals surface area contributed by atoms with E-state index in [0.29, 0.717) is 38.8 Å². The summed E-state index contributed by atoms with van der Waals surface area (Å²) in [5, 5.41) is 14.9. The number of amides is 2. The van der Waals surface area contributed by atoms with Crippen LogP contribution in [0.4, 0.5) is 0 Å². The molecule has 2 N–H and O–H groups in total. The van der Waals surface area contributed by atoms with Gasteiger partial charge < -0.3 is 15.2 Å². The third-order valence-electron chi connectivity index (χ3n) is 5.92. The van der Waals surface area contributed by atoms with E-state index in [-0.39, 0.29) is 17.8 Å². The van der Waals surface area contributed by atoms with Gasteiger partial charge in [-0.15, -0.1) is 11.8 Å². The zero-order valence-corrected chi connectivity index (χ0v) is 20.7. The van der Waals surface area contributed by atoms with Crippen molar-refractivity contribution in [2.45, 2.75) is 63.8 Å². The monoisotopic (exact) mass is 491 g/mol. The van der Waals surface area contributed by atoms with Gasteiger partial charge in [0.2, 0.25) is 5.91 Å². The number of nitrogens with one attached hydrogen (secondary N) is 1. The average Bonchev–Trinajstić information content (AvgIpc) is 2.79. The molecule has 0 saturated carbocycles. The summed E-state index contributed by atoms with van der Waals surface area (Å²) in [7, 11) is 0. The van der Waals surface area contributed by atoms with E-state index in [9.17, 15) is 24.3 Å². The molecule has 0 spiro atoms. The van der Waals surface area contributed by atoms with Crippen LogP contribution in [0.1, 0.15) is 45.6 Å². The van der Waals surface area contributed by atoms with Gasteiger partial charge in [-0.3, -0.25) is 19.4 Å². The SMILES string of the molecule is CC(C)(C)C(=O)OCS[C@H](Cc1ccccc1)C(=O)NC1CCN2CCC[C@@H](C(=O)O)N2C1=O. The molecule has 3 atom stereocenters. The Hall–Kier alpha value is -2.59. The van der Waals surface area contributed by atoms with Crippen LogP contribution in [0.25, 0.3) is 0 Å². The van der Waals surface area contributed by atoms with Crippen molar-refractivity contribution in [2.75, 3.05) is 19.0 Å². The Morgan fingerprint density at radius 3 is 2.53 bits per heavy atom. The number of thioether (sulfide) groups is 1. The third-order valence-corrected chi connectivity index (χ3v) is 6.96. The highest BCUT2D eigenvalue weighted by Gasteiger charge is 2.44. The second-order valence-corrected chi connectivity index (χ2v) is 10.8. The van der Waals surface area contributed by atoms with Crippen LogP contribution in [0.5, 0.6) is 0 Å². The van der Waals surface area contributed by atoms with E-state index in [4.69, 9.17) is 4.74 Å². The third kappa shape index (κ3) is 6.50. The molecule has 34 heavy (non-hydrogen) atoms. The van der Waals surface area contributed by atoms with Crippen molar-refractivity contribution in [3.63, 3.8) is 0 Å². The lowest BCUT2D eigenvalue weighted by atomic mass is 9.98. The lowest BCUT2D eigenvalue weighted by Gasteiger charge is -2.47. The largest absolute Gasteiger partial charge is 0.480 e. The molecule has 0 radical (unpaired) electrons. The van der Waals surface area contributed by atoms with E-state index in [0.717, 1.165) is 5.56 Å². The summed E-state index contributed by atoms with van der Waals surface area (Å²) < 4.78 is 5.34. The highest BCUT2D eigenvalue weighted by molar-refractivity contribution is 8.00. The second-order valence-electron chi connectivity index (χ2n) is 9.63. The van der Waals surface area contributed by atoms with Gasteiger partial charge in [-0.25, -0.2) is 9.80 Å². The number of ether oxygens (including phenoxy) is 1. The van der Waals surface area contributed by atoms with Crippen LogP contribution in [-0.4, -0.2) is 75.2 Å². The van der Waals surface area contributed by atoms with Crippen molar-refractivity contribution in [2.24, 2.45) is 5.41 Å². The van der Waals surface area contributed by atoms with Crippen LogP contribution in [0.2, 0.25) is 0 Å². The van der Waals surface area contributed by atoms with Crippen molar-refractivity contribution < 1.29 is 29.0 Å². The first kappa shape index (κ1) is 26.0. The maximum Gasteiger partial charge on any atom is 0.328 e. The lowest BCUT2D eigenvalue weighted by Crippen LogP contribution is -2.66. The molecule has 0 bridgehead atoms. The van der Waals surface area contributed by atoms with Crippen LogP contribution in [0.15, 0.2) is 30.3 Å². The van der Waals surface area contributed by atoms with E-state index in [2.05, 4.69) is 5.32 Å². The van der Waals surface area contributed by atoms with Crippen molar-refractivity contribution in [1.82, 2.24) is 15.3 Å². The van der Waals surface area contributed by atoms with E-state index < -0.39 is 34.6 Å². The number of benzene rings is 1. The standard InChI is InChI=1S/C24H33N3O6S/c1-24(2,3)23(32)33-15-34-19(14-16-8-5-4-6-9-16)20(28)25-17-11-13-26-12-7-10-18(22(30)31)27(26)21(17)29/h4-6,8-9,17-19H,7,10-15H2,1-3H3,(H,25,28)(H,30,31)/t17?,18-,19+/m0/s1. The molecule has 2 saturated heterocycles. The molecule has 2 fully saturated rings. The summed E-state index contributed by atoms with van der Waals surface area (Å²) in [6.07, 6.45) is 1.92. The van der Waals surface area contributed by atoms with Crippen LogP contribution in [0.3, 0.4) is 0 Å². The molecule has 3 rings (SSSR count). The average molecular weight is 492 g/mol. The Morgan fingerprint density at radius 1 is 1.18 bits per heavy atom. The Bertz CT molecular complexity index is 904. The molecule has 1 aromatic carbocycles. The highest BCUT2D eigenvalue weighted by atomic mass is 32.2. The van der Waals surface area contributed by atoms with E-state index in [1.165, 1.54) is 16.8 Å². The zero-order chi connectivity index (χ0) is 24.9. The molecule has 2 heterocycles. The van der Waals surface area contributed by atoms with Gasteiger partial charge in [-0.2, -0.15) is 0 Å². The van der Waals surface area contributed by atoms with Gasteiger partial charge in [0.15, 0.2) is 0 Å². The van der Waals surface area contributed by atoms with Crippen LogP contribution in [0, 0.1) is 5.41 Å². The van der Waals surface area contributed by atoms with Crippen molar-refractivity contribution in [1.29, 1.82) is 0 Å². The Morgan fingerprint density at radius 2 is 1.88 bits per heavy atom. The molecule has 0 aromatic heterocycles. The van der Waals surface area contributed by atoms with E-state index in [1.54, 1.807) is 25.8 Å². The second kappa shape index (κ2) is 11.2. The van der Waals surface area contributed by atoms with E-state index >= 15 is 0 Å².